The van der Waals surface area contributed by atoms with Crippen LogP contribution in [-0.4, -0.2) is 43.4 Å². The molecule has 5 rings (SSSR count). The third-order valence-corrected chi connectivity index (χ3v) is 6.04. The van der Waals surface area contributed by atoms with Crippen molar-refractivity contribution < 1.29 is 14.3 Å². The zero-order valence-electron chi connectivity index (χ0n) is 20.1. The standard InChI is InChI=1S/C27H26N6O3/c1-3-4-12-24-28-22-10-7-11-23(36-27(34)35-2)25(22)33(24)17-18-13-15-19(16-14-18)20-8-5-6-9-21(20)26-29-31-32-30-26/h5-11,13-16H,3-4,12,17H2,1-2H3,(H,29,30,31,32). The van der Waals surface area contributed by atoms with Crippen LogP contribution in [-0.2, 0) is 17.7 Å². The van der Waals surface area contributed by atoms with Gasteiger partial charge in [-0.1, -0.05) is 67.9 Å². The van der Waals surface area contributed by atoms with Gasteiger partial charge in [0.05, 0.1) is 12.6 Å². The molecule has 0 aliphatic rings. The lowest BCUT2D eigenvalue weighted by atomic mass is 9.98. The third kappa shape index (κ3) is 4.68. The Hall–Kier alpha value is -4.53. The van der Waals surface area contributed by atoms with Crippen LogP contribution in [0.4, 0.5) is 4.79 Å². The van der Waals surface area contributed by atoms with Crippen LogP contribution >= 0.6 is 0 Å². The highest BCUT2D eigenvalue weighted by Gasteiger charge is 2.18. The molecule has 5 aromatic rings. The zero-order valence-corrected chi connectivity index (χ0v) is 20.1. The molecule has 0 saturated heterocycles. The number of nitrogens with zero attached hydrogens (tertiary/aromatic N) is 5. The summed E-state index contributed by atoms with van der Waals surface area (Å²) in [6.07, 6.45) is 2.15. The molecule has 2 aromatic heterocycles. The number of carbonyl (C=O) groups is 1. The van der Waals surface area contributed by atoms with Crippen LogP contribution in [0.2, 0.25) is 0 Å². The molecule has 0 radical (unpaired) electrons. The van der Waals surface area contributed by atoms with Gasteiger partial charge >= 0.3 is 6.16 Å². The van der Waals surface area contributed by atoms with Crippen molar-refractivity contribution in [2.75, 3.05) is 7.11 Å². The van der Waals surface area contributed by atoms with Crippen LogP contribution in [0.15, 0.2) is 66.7 Å². The molecule has 0 aliphatic heterocycles. The number of rotatable bonds is 8. The van der Waals surface area contributed by atoms with E-state index in [9.17, 15) is 4.79 Å². The number of aromatic amines is 1. The first kappa shape index (κ1) is 23.2. The number of carbonyl (C=O) groups excluding carboxylic acids is 1. The Morgan fingerprint density at radius 1 is 1.00 bits per heavy atom. The first-order valence-electron chi connectivity index (χ1n) is 11.8. The summed E-state index contributed by atoms with van der Waals surface area (Å²) in [7, 11) is 1.30. The molecule has 0 bridgehead atoms. The van der Waals surface area contributed by atoms with Crippen LogP contribution in [0, 0.1) is 0 Å². The van der Waals surface area contributed by atoms with E-state index in [4.69, 9.17) is 14.5 Å². The fourth-order valence-corrected chi connectivity index (χ4v) is 4.29. The van der Waals surface area contributed by atoms with E-state index in [0.717, 1.165) is 58.4 Å². The van der Waals surface area contributed by atoms with E-state index in [1.807, 2.05) is 36.4 Å². The van der Waals surface area contributed by atoms with E-state index in [1.165, 1.54) is 7.11 Å². The van der Waals surface area contributed by atoms with E-state index in [0.29, 0.717) is 18.1 Å². The Balaban J connectivity index is 1.50. The van der Waals surface area contributed by atoms with E-state index in [-0.39, 0.29) is 0 Å². The summed E-state index contributed by atoms with van der Waals surface area (Å²) in [6, 6.07) is 21.9. The van der Waals surface area contributed by atoms with Gasteiger partial charge in [-0.05, 0) is 40.5 Å². The molecule has 0 unspecified atom stereocenters. The fraction of sp³-hybridized carbons (Fsp3) is 0.222. The van der Waals surface area contributed by atoms with Crippen molar-refractivity contribution >= 4 is 17.2 Å². The van der Waals surface area contributed by atoms with E-state index < -0.39 is 6.16 Å². The van der Waals surface area contributed by atoms with Crippen LogP contribution < -0.4 is 4.74 Å². The molecule has 9 heteroatoms. The first-order chi connectivity index (χ1) is 17.7. The minimum atomic E-state index is -0.755. The quantitative estimate of drug-likeness (QED) is 0.232. The van der Waals surface area contributed by atoms with Gasteiger partial charge in [-0.15, -0.1) is 10.2 Å². The number of aromatic nitrogens is 6. The zero-order chi connectivity index (χ0) is 24.9. The summed E-state index contributed by atoms with van der Waals surface area (Å²) >= 11 is 0. The van der Waals surface area contributed by atoms with Crippen LogP contribution in [0.1, 0.15) is 31.2 Å². The molecule has 3 aromatic carbocycles. The number of H-pyrrole nitrogens is 1. The number of imidazole rings is 1. The Morgan fingerprint density at radius 3 is 2.53 bits per heavy atom. The largest absolute Gasteiger partial charge is 0.513 e. The molecule has 9 nitrogen and oxygen atoms in total. The van der Waals surface area contributed by atoms with Crippen LogP contribution in [0.5, 0.6) is 5.75 Å². The maximum atomic E-state index is 11.9. The lowest BCUT2D eigenvalue weighted by Crippen LogP contribution is -2.10. The molecule has 36 heavy (non-hydrogen) atoms. The monoisotopic (exact) mass is 482 g/mol. The Labute approximate surface area is 208 Å². The van der Waals surface area contributed by atoms with Gasteiger partial charge in [-0.3, -0.25) is 0 Å². The van der Waals surface area contributed by atoms with Gasteiger partial charge in [0.2, 0.25) is 5.82 Å². The lowest BCUT2D eigenvalue weighted by molar-refractivity contribution is 0.122. The Kier molecular flexibility index (Phi) is 6.70. The second-order valence-electron chi connectivity index (χ2n) is 8.38. The van der Waals surface area contributed by atoms with Crippen LogP contribution in [0.25, 0.3) is 33.5 Å². The summed E-state index contributed by atoms with van der Waals surface area (Å²) < 4.78 is 12.3. The SMILES string of the molecule is CCCCc1nc2cccc(OC(=O)OC)c2n1Cc1ccc(-c2ccccc2-c2nn[nH]n2)cc1. The summed E-state index contributed by atoms with van der Waals surface area (Å²) in [5.41, 5.74) is 5.65. The number of hydrogen-bond acceptors (Lipinski definition) is 7. The lowest BCUT2D eigenvalue weighted by Gasteiger charge is -2.13. The van der Waals surface area contributed by atoms with Crippen molar-refractivity contribution in [3.63, 3.8) is 0 Å². The second kappa shape index (κ2) is 10.4. The van der Waals surface area contributed by atoms with Crippen molar-refractivity contribution in [3.8, 4) is 28.3 Å². The molecule has 0 aliphatic carbocycles. The molecule has 182 valence electrons. The molecular formula is C27H26N6O3. The van der Waals surface area contributed by atoms with Crippen molar-refractivity contribution in [2.45, 2.75) is 32.7 Å². The highest BCUT2D eigenvalue weighted by Crippen LogP contribution is 2.31. The number of ether oxygens (including phenoxy) is 2. The van der Waals surface area contributed by atoms with Gasteiger partial charge in [0.15, 0.2) is 5.75 Å². The molecule has 0 atom stereocenters. The molecule has 2 heterocycles. The molecule has 0 saturated carbocycles. The van der Waals surface area contributed by atoms with Crippen molar-refractivity contribution in [2.24, 2.45) is 0 Å². The average Bonchev–Trinajstić information content (AvgIpc) is 3.57. The van der Waals surface area contributed by atoms with E-state index >= 15 is 0 Å². The predicted octanol–water partition coefficient (Wildman–Crippen LogP) is 5.42. The average molecular weight is 483 g/mol. The van der Waals surface area contributed by atoms with Gasteiger partial charge in [-0.2, -0.15) is 5.21 Å². The highest BCUT2D eigenvalue weighted by molar-refractivity contribution is 5.85. The van der Waals surface area contributed by atoms with Gasteiger partial charge < -0.3 is 14.0 Å². The first-order valence-corrected chi connectivity index (χ1v) is 11.8. The Morgan fingerprint density at radius 2 is 1.81 bits per heavy atom. The minimum absolute atomic E-state index is 0.431. The number of fused-ring (bicyclic) bond motifs is 1. The second-order valence-corrected chi connectivity index (χ2v) is 8.38. The molecule has 0 fully saturated rings. The number of nitrogens with one attached hydrogen (secondary N) is 1. The third-order valence-electron chi connectivity index (χ3n) is 6.04. The topological polar surface area (TPSA) is 108 Å². The van der Waals surface area contributed by atoms with Gasteiger partial charge in [0, 0.05) is 18.5 Å². The molecule has 1 N–H and O–H groups in total. The van der Waals surface area contributed by atoms with Crippen molar-refractivity contribution in [1.29, 1.82) is 0 Å². The number of aryl methyl sites for hydroxylation is 1. The van der Waals surface area contributed by atoms with E-state index in [1.54, 1.807) is 6.07 Å². The summed E-state index contributed by atoms with van der Waals surface area (Å²) in [5.74, 6) is 1.94. The van der Waals surface area contributed by atoms with Crippen molar-refractivity contribution in [3.05, 3.63) is 78.1 Å². The number of para-hydroxylation sites is 1. The number of benzene rings is 3. The Bertz CT molecular complexity index is 1480. The minimum Gasteiger partial charge on any atom is -0.437 e. The number of hydrogen-bond donors (Lipinski definition) is 1. The highest BCUT2D eigenvalue weighted by atomic mass is 16.7. The van der Waals surface area contributed by atoms with Gasteiger partial charge in [-0.25, -0.2) is 9.78 Å². The molecular weight excluding hydrogens is 456 g/mol. The summed E-state index contributed by atoms with van der Waals surface area (Å²) in [5, 5.41) is 14.5. The fourth-order valence-electron chi connectivity index (χ4n) is 4.29. The summed E-state index contributed by atoms with van der Waals surface area (Å²) in [6.45, 7) is 2.74. The number of unbranched alkanes of at least 4 members (excludes halogenated alkanes) is 1. The molecule has 0 spiro atoms. The smallest absolute Gasteiger partial charge is 0.437 e. The number of tetrazole rings is 1. The van der Waals surface area contributed by atoms with Gasteiger partial charge in [0.25, 0.3) is 0 Å². The van der Waals surface area contributed by atoms with E-state index in [2.05, 4.69) is 56.4 Å². The van der Waals surface area contributed by atoms with Crippen LogP contribution in [0.3, 0.4) is 0 Å². The predicted molar refractivity (Wildman–Crippen MR) is 136 cm³/mol. The normalized spacial score (nSPS) is 11.1. The molecule has 0 amide bonds. The maximum Gasteiger partial charge on any atom is 0.513 e. The van der Waals surface area contributed by atoms with Crippen molar-refractivity contribution in [1.82, 2.24) is 30.2 Å². The summed E-state index contributed by atoms with van der Waals surface area (Å²) in [4.78, 5) is 16.7. The van der Waals surface area contributed by atoms with Gasteiger partial charge in [0.1, 0.15) is 11.3 Å². The number of methoxy groups -OCH3 is 1. The maximum absolute atomic E-state index is 11.9.